The first-order valence-corrected chi connectivity index (χ1v) is 6.79. The Balaban J connectivity index is 2.03. The average molecular weight is 283 g/mol. The van der Waals surface area contributed by atoms with E-state index >= 15 is 0 Å². The van der Waals surface area contributed by atoms with Crippen molar-refractivity contribution >= 4 is 11.8 Å². The number of hydrogen-bond donors (Lipinski definition) is 1. The molecule has 0 saturated carbocycles. The number of benzene rings is 2. The third-order valence-corrected chi connectivity index (χ3v) is 3.81. The van der Waals surface area contributed by atoms with Gasteiger partial charge in [-0.25, -0.2) is 4.39 Å². The third-order valence-electron chi connectivity index (χ3n) is 3.81. The molecule has 1 fully saturated rings. The summed E-state index contributed by atoms with van der Waals surface area (Å²) in [6.07, 6.45) is 0.219. The summed E-state index contributed by atoms with van der Waals surface area (Å²) in [6.45, 7) is 0. The minimum Gasteiger partial charge on any atom is -0.296 e. The molecule has 3 rings (SSSR count). The van der Waals surface area contributed by atoms with Crippen molar-refractivity contribution in [2.24, 2.45) is 0 Å². The first-order chi connectivity index (χ1) is 10.1. The van der Waals surface area contributed by atoms with E-state index in [2.05, 4.69) is 5.32 Å². The molecule has 1 aliphatic rings. The number of imide groups is 1. The molecular formula is C17H14FNO2. The predicted molar refractivity (Wildman–Crippen MR) is 76.1 cm³/mol. The second-order valence-corrected chi connectivity index (χ2v) is 5.16. The van der Waals surface area contributed by atoms with Crippen molar-refractivity contribution in [3.63, 3.8) is 0 Å². The van der Waals surface area contributed by atoms with Crippen LogP contribution in [0.2, 0.25) is 0 Å². The Morgan fingerprint density at radius 1 is 0.905 bits per heavy atom. The lowest BCUT2D eigenvalue weighted by atomic mass is 9.76. The lowest BCUT2D eigenvalue weighted by Gasteiger charge is -2.30. The Labute approximate surface area is 121 Å². The molecule has 0 aromatic heterocycles. The molecule has 1 N–H and O–H groups in total. The van der Waals surface area contributed by atoms with Crippen LogP contribution in [-0.2, 0) is 9.59 Å². The van der Waals surface area contributed by atoms with Gasteiger partial charge >= 0.3 is 0 Å². The fourth-order valence-electron chi connectivity index (χ4n) is 2.83. The molecule has 1 heterocycles. The van der Waals surface area contributed by atoms with E-state index in [4.69, 9.17) is 0 Å². The van der Waals surface area contributed by atoms with Gasteiger partial charge in [0.15, 0.2) is 0 Å². The molecule has 2 amide bonds. The molecule has 1 saturated heterocycles. The zero-order chi connectivity index (χ0) is 14.8. The summed E-state index contributed by atoms with van der Waals surface area (Å²) in [7, 11) is 0. The van der Waals surface area contributed by atoms with E-state index < -0.39 is 5.92 Å². The number of halogens is 1. The zero-order valence-corrected chi connectivity index (χ0v) is 11.3. The molecule has 2 aromatic rings. The summed E-state index contributed by atoms with van der Waals surface area (Å²) in [5.74, 6) is -1.63. The van der Waals surface area contributed by atoms with Crippen LogP contribution in [0.25, 0.3) is 0 Å². The molecule has 2 unspecified atom stereocenters. The van der Waals surface area contributed by atoms with Crippen molar-refractivity contribution in [2.45, 2.75) is 18.3 Å². The smallest absolute Gasteiger partial charge is 0.234 e. The Morgan fingerprint density at radius 2 is 1.57 bits per heavy atom. The van der Waals surface area contributed by atoms with Gasteiger partial charge in [0.2, 0.25) is 11.8 Å². The van der Waals surface area contributed by atoms with E-state index in [9.17, 15) is 14.0 Å². The number of hydrogen-bond acceptors (Lipinski definition) is 2. The normalized spacial score (nSPS) is 22.0. The number of carbonyl (C=O) groups excluding carboxylic acids is 2. The maximum Gasteiger partial charge on any atom is 0.234 e. The first kappa shape index (κ1) is 13.5. The minimum atomic E-state index is -0.436. The minimum absolute atomic E-state index is 0.219. The number of nitrogens with one attached hydrogen (secondary N) is 1. The van der Waals surface area contributed by atoms with E-state index in [0.717, 1.165) is 11.1 Å². The van der Waals surface area contributed by atoms with Gasteiger partial charge in [0.1, 0.15) is 5.82 Å². The Kier molecular flexibility index (Phi) is 3.52. The van der Waals surface area contributed by atoms with E-state index in [0.29, 0.717) is 0 Å². The topological polar surface area (TPSA) is 46.2 Å². The molecule has 0 radical (unpaired) electrons. The molecule has 3 nitrogen and oxygen atoms in total. The van der Waals surface area contributed by atoms with Gasteiger partial charge < -0.3 is 0 Å². The lowest BCUT2D eigenvalue weighted by Crippen LogP contribution is -2.43. The Hall–Kier alpha value is -2.49. The van der Waals surface area contributed by atoms with Crippen LogP contribution in [0.3, 0.4) is 0 Å². The SMILES string of the molecule is O=C1CC(c2ccc(F)cc2)C(c2ccccc2)C(=O)N1. The highest BCUT2D eigenvalue weighted by Crippen LogP contribution is 2.38. The summed E-state index contributed by atoms with van der Waals surface area (Å²) in [6, 6.07) is 15.3. The van der Waals surface area contributed by atoms with Crippen LogP contribution in [0.15, 0.2) is 54.6 Å². The zero-order valence-electron chi connectivity index (χ0n) is 11.3. The van der Waals surface area contributed by atoms with E-state index in [1.165, 1.54) is 12.1 Å². The molecule has 21 heavy (non-hydrogen) atoms. The van der Waals surface area contributed by atoms with Crippen molar-refractivity contribution in [2.75, 3.05) is 0 Å². The molecule has 0 spiro atoms. The number of carbonyl (C=O) groups is 2. The highest BCUT2D eigenvalue weighted by molar-refractivity contribution is 6.02. The summed E-state index contributed by atoms with van der Waals surface area (Å²) in [5, 5.41) is 2.39. The monoisotopic (exact) mass is 283 g/mol. The maximum atomic E-state index is 13.1. The molecule has 0 aliphatic carbocycles. The van der Waals surface area contributed by atoms with Gasteiger partial charge in [0.05, 0.1) is 5.92 Å². The fourth-order valence-corrected chi connectivity index (χ4v) is 2.83. The highest BCUT2D eigenvalue weighted by Gasteiger charge is 2.37. The first-order valence-electron chi connectivity index (χ1n) is 6.79. The van der Waals surface area contributed by atoms with Crippen molar-refractivity contribution in [3.05, 3.63) is 71.5 Å². The van der Waals surface area contributed by atoms with Gasteiger partial charge in [-0.2, -0.15) is 0 Å². The molecule has 2 atom stereocenters. The van der Waals surface area contributed by atoms with Crippen LogP contribution in [0.4, 0.5) is 4.39 Å². The summed E-state index contributed by atoms with van der Waals surface area (Å²) < 4.78 is 13.1. The van der Waals surface area contributed by atoms with Gasteiger partial charge in [-0.05, 0) is 23.3 Å². The number of piperidine rings is 1. The van der Waals surface area contributed by atoms with Crippen molar-refractivity contribution in [3.8, 4) is 0 Å². The standard InChI is InChI=1S/C17H14FNO2/c18-13-8-6-11(7-9-13)14-10-15(20)19-17(21)16(14)12-4-2-1-3-5-12/h1-9,14,16H,10H2,(H,19,20,21). The summed E-state index contributed by atoms with van der Waals surface area (Å²) in [4.78, 5) is 23.9. The van der Waals surface area contributed by atoms with Gasteiger partial charge in [-0.3, -0.25) is 14.9 Å². The van der Waals surface area contributed by atoms with Crippen LogP contribution in [0.5, 0.6) is 0 Å². The van der Waals surface area contributed by atoms with Crippen LogP contribution in [0, 0.1) is 5.82 Å². The largest absolute Gasteiger partial charge is 0.296 e. The summed E-state index contributed by atoms with van der Waals surface area (Å²) in [5.41, 5.74) is 1.66. The summed E-state index contributed by atoms with van der Waals surface area (Å²) >= 11 is 0. The van der Waals surface area contributed by atoms with Crippen molar-refractivity contribution < 1.29 is 14.0 Å². The van der Waals surface area contributed by atoms with Crippen LogP contribution >= 0.6 is 0 Å². The van der Waals surface area contributed by atoms with Gasteiger partial charge in [-0.15, -0.1) is 0 Å². The van der Waals surface area contributed by atoms with E-state index in [1.54, 1.807) is 12.1 Å². The second kappa shape index (κ2) is 5.48. The molecule has 106 valence electrons. The van der Waals surface area contributed by atoms with Crippen molar-refractivity contribution in [1.29, 1.82) is 0 Å². The third kappa shape index (κ3) is 2.70. The maximum absolute atomic E-state index is 13.1. The van der Waals surface area contributed by atoms with E-state index in [-0.39, 0.29) is 30.0 Å². The number of amides is 2. The Bertz CT molecular complexity index is 667. The molecule has 2 aromatic carbocycles. The molecule has 0 bridgehead atoms. The van der Waals surface area contributed by atoms with Gasteiger partial charge in [-0.1, -0.05) is 42.5 Å². The second-order valence-electron chi connectivity index (χ2n) is 5.16. The average Bonchev–Trinajstić information content (AvgIpc) is 2.48. The van der Waals surface area contributed by atoms with E-state index in [1.807, 2.05) is 30.3 Å². The quantitative estimate of drug-likeness (QED) is 0.861. The van der Waals surface area contributed by atoms with Gasteiger partial charge in [0.25, 0.3) is 0 Å². The highest BCUT2D eigenvalue weighted by atomic mass is 19.1. The Morgan fingerprint density at radius 3 is 2.24 bits per heavy atom. The van der Waals surface area contributed by atoms with Crippen LogP contribution in [-0.4, -0.2) is 11.8 Å². The van der Waals surface area contributed by atoms with Crippen LogP contribution in [0.1, 0.15) is 29.4 Å². The molecule has 4 heteroatoms. The lowest BCUT2D eigenvalue weighted by molar-refractivity contribution is -0.135. The van der Waals surface area contributed by atoms with Gasteiger partial charge in [0, 0.05) is 12.3 Å². The molecule has 1 aliphatic heterocycles. The molecular weight excluding hydrogens is 269 g/mol. The fraction of sp³-hybridized carbons (Fsp3) is 0.176. The van der Waals surface area contributed by atoms with Crippen LogP contribution < -0.4 is 5.32 Å². The number of rotatable bonds is 2. The predicted octanol–water partition coefficient (Wildman–Crippen LogP) is 2.74. The van der Waals surface area contributed by atoms with Crippen molar-refractivity contribution in [1.82, 2.24) is 5.32 Å².